The Morgan fingerprint density at radius 3 is 2.71 bits per heavy atom. The zero-order valence-corrected chi connectivity index (χ0v) is 21.1. The summed E-state index contributed by atoms with van der Waals surface area (Å²) in [4.78, 5) is 20.0. The number of carbonyl (C=O) groups excluding carboxylic acids is 1. The molecule has 2 aliphatic heterocycles. The number of terminal acetylenes is 1. The number of rotatable bonds is 8. The van der Waals surface area contributed by atoms with Crippen LogP contribution >= 0.6 is 11.8 Å². The molecule has 0 spiro atoms. The van der Waals surface area contributed by atoms with Crippen LogP contribution in [0.3, 0.4) is 0 Å². The van der Waals surface area contributed by atoms with Gasteiger partial charge in [-0.2, -0.15) is 0 Å². The van der Waals surface area contributed by atoms with Gasteiger partial charge < -0.3 is 14.4 Å². The van der Waals surface area contributed by atoms with Crippen LogP contribution in [0.15, 0.2) is 75.8 Å². The number of hydrogen-bond donors (Lipinski definition) is 0. The minimum atomic E-state index is -3.57. The van der Waals surface area contributed by atoms with Gasteiger partial charge in [0.2, 0.25) is 0 Å². The number of hydrogen-bond acceptors (Lipinski definition) is 8. The summed E-state index contributed by atoms with van der Waals surface area (Å²) < 4.78 is 37.5. The number of sulfone groups is 1. The normalized spacial score (nSPS) is 19.6. The first kappa shape index (κ1) is 24.9. The smallest absolute Gasteiger partial charge is 0.338 e. The predicted molar refractivity (Wildman–Crippen MR) is 137 cm³/mol. The summed E-state index contributed by atoms with van der Waals surface area (Å²) in [7, 11) is -3.57. The van der Waals surface area contributed by atoms with Crippen molar-refractivity contribution in [3.05, 3.63) is 71.4 Å². The Morgan fingerprint density at radius 2 is 2.00 bits per heavy atom. The Hall–Kier alpha value is -3.22. The molecule has 1 fully saturated rings. The number of nitrogens with zero attached hydrogens (tertiary/aromatic N) is 2. The van der Waals surface area contributed by atoms with E-state index in [1.807, 2.05) is 23.1 Å². The van der Waals surface area contributed by atoms with Crippen LogP contribution < -0.4 is 4.74 Å². The number of carbonyl (C=O) groups is 1. The van der Waals surface area contributed by atoms with Crippen molar-refractivity contribution in [2.45, 2.75) is 30.8 Å². The third-order valence-corrected chi connectivity index (χ3v) is 8.66. The van der Waals surface area contributed by atoms with E-state index in [-0.39, 0.29) is 23.9 Å². The maximum atomic E-state index is 13.2. The quantitative estimate of drug-likeness (QED) is 0.394. The van der Waals surface area contributed by atoms with Crippen molar-refractivity contribution in [1.82, 2.24) is 4.90 Å². The average molecular weight is 511 g/mol. The second kappa shape index (κ2) is 10.6. The summed E-state index contributed by atoms with van der Waals surface area (Å²) in [5, 5.41) is 0.684. The highest BCUT2D eigenvalue weighted by Crippen LogP contribution is 2.44. The van der Waals surface area contributed by atoms with Crippen molar-refractivity contribution in [1.29, 1.82) is 0 Å². The minimum Gasteiger partial charge on any atom is -0.481 e. The lowest BCUT2D eigenvalue weighted by molar-refractivity contribution is -0.139. The molecule has 2 unspecified atom stereocenters. The first-order valence-electron chi connectivity index (χ1n) is 11.2. The Balaban J connectivity index is 1.77. The van der Waals surface area contributed by atoms with Crippen LogP contribution in [-0.2, 0) is 19.4 Å². The molecule has 2 aliphatic rings. The van der Waals surface area contributed by atoms with E-state index in [9.17, 15) is 13.2 Å². The number of benzene rings is 2. The minimum absolute atomic E-state index is 0.109. The second-order valence-corrected chi connectivity index (χ2v) is 11.1. The Bertz CT molecular complexity index is 1310. The largest absolute Gasteiger partial charge is 0.481 e. The van der Waals surface area contributed by atoms with E-state index in [4.69, 9.17) is 15.9 Å². The van der Waals surface area contributed by atoms with Crippen molar-refractivity contribution in [3.8, 4) is 18.1 Å². The molecule has 1 saturated heterocycles. The van der Waals surface area contributed by atoms with Crippen LogP contribution in [0.2, 0.25) is 0 Å². The van der Waals surface area contributed by atoms with Crippen LogP contribution in [0.1, 0.15) is 25.5 Å². The molecule has 4 rings (SSSR count). The van der Waals surface area contributed by atoms with Gasteiger partial charge in [-0.25, -0.2) is 18.2 Å². The van der Waals surface area contributed by atoms with Crippen LogP contribution in [0.4, 0.5) is 0 Å². The summed E-state index contributed by atoms with van der Waals surface area (Å²) in [6.45, 7) is 3.84. The van der Waals surface area contributed by atoms with E-state index in [2.05, 4.69) is 10.9 Å². The summed E-state index contributed by atoms with van der Waals surface area (Å²) in [6.07, 6.45) is 5.34. The Labute approximate surface area is 210 Å². The summed E-state index contributed by atoms with van der Waals surface area (Å²) >= 11 is 1.49. The average Bonchev–Trinajstić information content (AvgIpc) is 3.23. The predicted octanol–water partition coefficient (Wildman–Crippen LogP) is 3.84. The molecule has 0 amide bonds. The van der Waals surface area contributed by atoms with Crippen LogP contribution in [-0.4, -0.2) is 55.2 Å². The number of allylic oxidation sites excluding steroid dienone is 1. The molecule has 0 saturated carbocycles. The van der Waals surface area contributed by atoms with Gasteiger partial charge in [0.1, 0.15) is 12.4 Å². The molecule has 2 aromatic carbocycles. The standard InChI is InChI=1S/C26H26N2O5S2/c1-4-14-33-21-11-9-10-19(15-21)24-23(25(29)32-5-2)18(3)27-26-28(24)20(16-34-26)17-35(30,31)22-12-7-6-8-13-22/h1,6-13,15,20,24H,5,14,16-17H2,2-3H3. The van der Waals surface area contributed by atoms with E-state index in [1.54, 1.807) is 50.2 Å². The molecule has 7 nitrogen and oxygen atoms in total. The first-order chi connectivity index (χ1) is 16.9. The number of amidine groups is 1. The highest BCUT2D eigenvalue weighted by atomic mass is 32.2. The highest BCUT2D eigenvalue weighted by Gasteiger charge is 2.45. The number of ether oxygens (including phenoxy) is 2. The maximum absolute atomic E-state index is 13.2. The van der Waals surface area contributed by atoms with Crippen molar-refractivity contribution >= 4 is 32.7 Å². The first-order valence-corrected chi connectivity index (χ1v) is 13.8. The monoisotopic (exact) mass is 510 g/mol. The van der Waals surface area contributed by atoms with Crippen LogP contribution in [0.25, 0.3) is 0 Å². The van der Waals surface area contributed by atoms with Crippen molar-refractivity contribution < 1.29 is 22.7 Å². The molecule has 2 atom stereocenters. The lowest BCUT2D eigenvalue weighted by Crippen LogP contribution is -2.45. The van der Waals surface area contributed by atoms with E-state index in [0.717, 1.165) is 5.56 Å². The third kappa shape index (κ3) is 5.24. The van der Waals surface area contributed by atoms with Gasteiger partial charge >= 0.3 is 5.97 Å². The summed E-state index contributed by atoms with van der Waals surface area (Å²) in [6, 6.07) is 14.7. The van der Waals surface area contributed by atoms with Crippen molar-refractivity contribution in [3.63, 3.8) is 0 Å². The van der Waals surface area contributed by atoms with Crippen LogP contribution in [0, 0.1) is 12.3 Å². The molecule has 0 bridgehead atoms. The fraction of sp³-hybridized carbons (Fsp3) is 0.308. The zero-order valence-electron chi connectivity index (χ0n) is 19.5. The molecule has 0 N–H and O–H groups in total. The lowest BCUT2D eigenvalue weighted by Gasteiger charge is -2.38. The van der Waals surface area contributed by atoms with Gasteiger partial charge in [0.15, 0.2) is 15.0 Å². The van der Waals surface area contributed by atoms with Gasteiger partial charge in [0.05, 0.1) is 40.6 Å². The van der Waals surface area contributed by atoms with Gasteiger partial charge in [-0.1, -0.05) is 48.0 Å². The number of thioether (sulfide) groups is 1. The lowest BCUT2D eigenvalue weighted by atomic mass is 9.93. The second-order valence-electron chi connectivity index (χ2n) is 8.05. The molecule has 9 heteroatoms. The molecule has 0 aromatic heterocycles. The topological polar surface area (TPSA) is 85.3 Å². The number of fused-ring (bicyclic) bond motifs is 1. The summed E-state index contributed by atoms with van der Waals surface area (Å²) in [5.41, 5.74) is 1.70. The zero-order chi connectivity index (χ0) is 25.0. The molecule has 2 heterocycles. The third-order valence-electron chi connectivity index (χ3n) is 5.73. The number of aliphatic imine (C=N–C) groups is 1. The van der Waals surface area contributed by atoms with Crippen molar-refractivity contribution in [2.75, 3.05) is 24.7 Å². The van der Waals surface area contributed by atoms with E-state index >= 15 is 0 Å². The molecular formula is C26H26N2O5S2. The van der Waals surface area contributed by atoms with Gasteiger partial charge in [-0.05, 0) is 43.7 Å². The molecule has 35 heavy (non-hydrogen) atoms. The molecule has 0 radical (unpaired) electrons. The molecular weight excluding hydrogens is 484 g/mol. The maximum Gasteiger partial charge on any atom is 0.338 e. The van der Waals surface area contributed by atoms with Gasteiger partial charge in [-0.3, -0.25) is 0 Å². The van der Waals surface area contributed by atoms with E-state index in [0.29, 0.717) is 27.9 Å². The van der Waals surface area contributed by atoms with Gasteiger partial charge in [0, 0.05) is 5.75 Å². The molecule has 0 aliphatic carbocycles. The summed E-state index contributed by atoms with van der Waals surface area (Å²) in [5.74, 6) is 2.95. The SMILES string of the molecule is C#CCOc1cccc(C2C(C(=O)OCC)=C(C)N=C3SCC(CS(=O)(=O)c4ccccc4)N32)c1. The van der Waals surface area contributed by atoms with E-state index in [1.165, 1.54) is 11.8 Å². The van der Waals surface area contributed by atoms with Gasteiger partial charge in [0.25, 0.3) is 0 Å². The van der Waals surface area contributed by atoms with Gasteiger partial charge in [-0.15, -0.1) is 6.42 Å². The molecule has 182 valence electrons. The fourth-order valence-electron chi connectivity index (χ4n) is 4.23. The van der Waals surface area contributed by atoms with Crippen LogP contribution in [0.5, 0.6) is 5.75 Å². The van der Waals surface area contributed by atoms with Crippen molar-refractivity contribution in [2.24, 2.45) is 4.99 Å². The number of esters is 1. The highest BCUT2D eigenvalue weighted by molar-refractivity contribution is 8.14. The molecule has 2 aromatic rings. The Morgan fingerprint density at radius 1 is 1.23 bits per heavy atom. The Kier molecular flexibility index (Phi) is 7.53. The van der Waals surface area contributed by atoms with E-state index < -0.39 is 27.9 Å². The fourth-order valence-corrected chi connectivity index (χ4v) is 7.16.